The van der Waals surface area contributed by atoms with E-state index in [2.05, 4.69) is 10.3 Å². The summed E-state index contributed by atoms with van der Waals surface area (Å²) in [5.74, 6) is 0.0912. The van der Waals surface area contributed by atoms with Crippen molar-refractivity contribution < 1.29 is 36.4 Å². The molecule has 50 heavy (non-hydrogen) atoms. The van der Waals surface area contributed by atoms with E-state index in [4.69, 9.17) is 15.3 Å². The van der Waals surface area contributed by atoms with E-state index in [0.717, 1.165) is 12.8 Å². The van der Waals surface area contributed by atoms with Gasteiger partial charge in [0.2, 0.25) is 20.0 Å². The average Bonchev–Trinajstić information content (AvgIpc) is 3.05. The predicted octanol–water partition coefficient (Wildman–Crippen LogP) is 3.86. The lowest BCUT2D eigenvalue weighted by Gasteiger charge is -2.34. The fourth-order valence-corrected chi connectivity index (χ4v) is 10.6. The number of hydrogen-bond donors (Lipinski definition) is 2. The Hall–Kier alpha value is -3.37. The molecule has 0 saturated carbocycles. The summed E-state index contributed by atoms with van der Waals surface area (Å²) in [6, 6.07) is 8.23. The standard InChI is InChI=1S/C35H49N5O8S2/c1-21(2)32(36)35(41)47-11-12-48-38-34-28-9-7-26(49(43,44)39-17-22(3)13-23(4)18-39)15-30(28)33(37-42)31-16-27(8-10-29(31)34)50(45,46)40-19-24(5)14-25(6)20-40/h7-10,15-16,21-25,32,42H,11-14,17-20,36H2,1-6H3/t22-,23+,24-,25+,32?. The summed E-state index contributed by atoms with van der Waals surface area (Å²) in [5, 5.41) is 18.3. The second-order valence-corrected chi connectivity index (χ2v) is 18.5. The third-order valence-electron chi connectivity index (χ3n) is 9.61. The van der Waals surface area contributed by atoms with E-state index < -0.39 is 32.1 Å². The monoisotopic (exact) mass is 731 g/mol. The second-order valence-electron chi connectivity index (χ2n) is 14.6. The van der Waals surface area contributed by atoms with Gasteiger partial charge in [0, 0.05) is 48.4 Å². The number of hydrogen-bond acceptors (Lipinski definition) is 11. The summed E-state index contributed by atoms with van der Waals surface area (Å²) in [7, 11) is -7.85. The molecule has 2 fully saturated rings. The van der Waals surface area contributed by atoms with Crippen molar-refractivity contribution in [3.8, 4) is 0 Å². The number of nitrogens with two attached hydrogens (primary N) is 1. The molecule has 0 amide bonds. The molecule has 2 aromatic carbocycles. The second kappa shape index (κ2) is 15.1. The lowest BCUT2D eigenvalue weighted by atomic mass is 9.83. The molecule has 2 heterocycles. The van der Waals surface area contributed by atoms with E-state index in [1.807, 2.05) is 41.5 Å². The number of benzene rings is 2. The van der Waals surface area contributed by atoms with Crippen molar-refractivity contribution in [2.45, 2.75) is 70.2 Å². The Bertz CT molecular complexity index is 1750. The molecular formula is C35H49N5O8S2. The van der Waals surface area contributed by atoms with Gasteiger partial charge < -0.3 is 20.5 Å². The van der Waals surface area contributed by atoms with Crippen LogP contribution in [0.5, 0.6) is 0 Å². The largest absolute Gasteiger partial charge is 0.461 e. The number of carbonyl (C=O) groups excluding carboxylic acids is 1. The molecule has 5 rings (SSSR count). The Morgan fingerprint density at radius 2 is 1.22 bits per heavy atom. The van der Waals surface area contributed by atoms with Gasteiger partial charge >= 0.3 is 5.97 Å². The number of oxime groups is 2. The van der Waals surface area contributed by atoms with Crippen LogP contribution in [0.1, 0.15) is 76.6 Å². The van der Waals surface area contributed by atoms with Crippen molar-refractivity contribution in [1.82, 2.24) is 8.61 Å². The Balaban J connectivity index is 1.55. The van der Waals surface area contributed by atoms with Gasteiger partial charge in [0.15, 0.2) is 6.61 Å². The van der Waals surface area contributed by atoms with Crippen LogP contribution in [0.3, 0.4) is 0 Å². The zero-order valence-corrected chi connectivity index (χ0v) is 31.2. The minimum atomic E-state index is -3.93. The first kappa shape index (κ1) is 37.9. The van der Waals surface area contributed by atoms with Gasteiger partial charge in [0.1, 0.15) is 24.1 Å². The van der Waals surface area contributed by atoms with Gasteiger partial charge in [-0.2, -0.15) is 8.61 Å². The van der Waals surface area contributed by atoms with Crippen LogP contribution in [0.2, 0.25) is 0 Å². The van der Waals surface area contributed by atoms with Gasteiger partial charge in [-0.05, 0) is 66.7 Å². The summed E-state index contributed by atoms with van der Waals surface area (Å²) >= 11 is 0. The third-order valence-corrected chi connectivity index (χ3v) is 13.3. The van der Waals surface area contributed by atoms with Gasteiger partial charge in [0.25, 0.3) is 0 Å². The van der Waals surface area contributed by atoms with Crippen molar-refractivity contribution in [3.05, 3.63) is 58.7 Å². The molecule has 3 aliphatic rings. The average molecular weight is 732 g/mol. The molecule has 0 radical (unpaired) electrons. The lowest BCUT2D eigenvalue weighted by molar-refractivity contribution is -0.147. The molecule has 1 aliphatic carbocycles. The highest BCUT2D eigenvalue weighted by Gasteiger charge is 2.37. The first-order valence-corrected chi connectivity index (χ1v) is 20.1. The molecule has 13 nitrogen and oxygen atoms in total. The Kier molecular flexibility index (Phi) is 11.4. The van der Waals surface area contributed by atoms with Gasteiger partial charge in [-0.25, -0.2) is 16.8 Å². The SMILES string of the molecule is CC(C)C(N)C(=O)OCCON=C1c2ccc(S(=O)(=O)N3C[C@H](C)C[C@H](C)C3)cc2C(=NO)c2cc(S(=O)(=O)N3C[C@H](C)C[C@H](C)C3)ccc21. The lowest BCUT2D eigenvalue weighted by Crippen LogP contribution is -2.42. The Morgan fingerprint density at radius 1 is 0.780 bits per heavy atom. The molecular weight excluding hydrogens is 683 g/mol. The smallest absolute Gasteiger partial charge is 0.323 e. The summed E-state index contributed by atoms with van der Waals surface area (Å²) in [5.41, 5.74) is 7.44. The highest BCUT2D eigenvalue weighted by molar-refractivity contribution is 7.89. The van der Waals surface area contributed by atoms with Gasteiger partial charge in [-0.1, -0.05) is 64.0 Å². The van der Waals surface area contributed by atoms with E-state index in [1.54, 1.807) is 12.1 Å². The summed E-state index contributed by atoms with van der Waals surface area (Å²) in [6.45, 7) is 13.0. The number of carbonyl (C=O) groups is 1. The zero-order chi connectivity index (χ0) is 36.5. The maximum atomic E-state index is 13.9. The number of rotatable bonds is 10. The van der Waals surface area contributed by atoms with Gasteiger partial charge in [-0.3, -0.25) is 4.79 Å². The minimum Gasteiger partial charge on any atom is -0.461 e. The highest BCUT2D eigenvalue weighted by Crippen LogP contribution is 2.35. The predicted molar refractivity (Wildman–Crippen MR) is 189 cm³/mol. The van der Waals surface area contributed by atoms with Gasteiger partial charge in [-0.15, -0.1) is 0 Å². The van der Waals surface area contributed by atoms with E-state index in [-0.39, 0.29) is 75.1 Å². The molecule has 0 aromatic heterocycles. The fourth-order valence-electron chi connectivity index (χ4n) is 7.23. The molecule has 2 aliphatic heterocycles. The van der Waals surface area contributed by atoms with Crippen LogP contribution in [0.25, 0.3) is 0 Å². The number of fused-ring (bicyclic) bond motifs is 2. The summed E-state index contributed by atoms with van der Waals surface area (Å²) < 4.78 is 63.9. The van der Waals surface area contributed by atoms with Crippen LogP contribution < -0.4 is 5.73 Å². The topological polar surface area (TPSA) is 181 Å². The molecule has 2 aromatic rings. The molecule has 1 unspecified atom stereocenters. The molecule has 5 atom stereocenters. The zero-order valence-electron chi connectivity index (χ0n) is 29.6. The third kappa shape index (κ3) is 7.76. The maximum absolute atomic E-state index is 13.9. The minimum absolute atomic E-state index is 0.000383. The molecule has 15 heteroatoms. The number of sulfonamides is 2. The van der Waals surface area contributed by atoms with Gasteiger partial charge in [0.05, 0.1) is 9.79 Å². The van der Waals surface area contributed by atoms with Crippen LogP contribution in [0.15, 0.2) is 56.5 Å². The van der Waals surface area contributed by atoms with Crippen molar-refractivity contribution in [3.63, 3.8) is 0 Å². The summed E-state index contributed by atoms with van der Waals surface area (Å²) in [6.07, 6.45) is 1.86. The Morgan fingerprint density at radius 3 is 1.62 bits per heavy atom. The quantitative estimate of drug-likeness (QED) is 0.136. The number of esters is 1. The van der Waals surface area contributed by atoms with E-state index in [9.17, 15) is 26.8 Å². The van der Waals surface area contributed by atoms with E-state index in [1.165, 1.54) is 32.9 Å². The van der Waals surface area contributed by atoms with Crippen LogP contribution in [0, 0.1) is 29.6 Å². The first-order chi connectivity index (χ1) is 23.5. The summed E-state index contributed by atoms with van der Waals surface area (Å²) in [4.78, 5) is 17.8. The normalized spacial score (nSPS) is 23.9. The Labute approximate surface area is 295 Å². The fraction of sp³-hybridized carbons (Fsp3) is 0.571. The van der Waals surface area contributed by atoms with Crippen LogP contribution in [0.4, 0.5) is 0 Å². The molecule has 0 bridgehead atoms. The van der Waals surface area contributed by atoms with E-state index in [0.29, 0.717) is 37.3 Å². The highest BCUT2D eigenvalue weighted by atomic mass is 32.2. The number of piperidine rings is 2. The molecule has 0 spiro atoms. The number of nitrogens with zero attached hydrogens (tertiary/aromatic N) is 4. The first-order valence-electron chi connectivity index (χ1n) is 17.2. The van der Waals surface area contributed by atoms with Crippen LogP contribution in [-0.4, -0.2) is 93.5 Å². The molecule has 3 N–H and O–H groups in total. The van der Waals surface area contributed by atoms with Crippen molar-refractivity contribution in [2.24, 2.45) is 45.6 Å². The number of ether oxygens (including phenoxy) is 1. The van der Waals surface area contributed by atoms with Crippen molar-refractivity contribution >= 4 is 37.4 Å². The van der Waals surface area contributed by atoms with Crippen LogP contribution >= 0.6 is 0 Å². The maximum Gasteiger partial charge on any atom is 0.323 e. The van der Waals surface area contributed by atoms with E-state index >= 15 is 0 Å². The molecule has 274 valence electrons. The van der Waals surface area contributed by atoms with Crippen molar-refractivity contribution in [2.75, 3.05) is 39.4 Å². The van der Waals surface area contributed by atoms with Crippen molar-refractivity contribution in [1.29, 1.82) is 0 Å². The van der Waals surface area contributed by atoms with Crippen LogP contribution in [-0.2, 0) is 34.4 Å². The molecule has 2 saturated heterocycles.